The first-order chi connectivity index (χ1) is 9.04. The van der Waals surface area contributed by atoms with Crippen LogP contribution in [-0.4, -0.2) is 30.4 Å². The molecule has 0 fully saturated rings. The molecule has 104 valence electrons. The van der Waals surface area contributed by atoms with Crippen LogP contribution in [0.25, 0.3) is 5.57 Å². The number of hydrogen-bond donors (Lipinski definition) is 2. The standard InChI is InChI=1S/C16H23NO2/c1-16(2,18)9-12-19-15-5-3-13(4-6-15)14-7-10-17-11-8-14/h3-7,17-18H,8-12H2,1-2H3. The summed E-state index contributed by atoms with van der Waals surface area (Å²) in [6, 6.07) is 8.22. The van der Waals surface area contributed by atoms with Crippen LogP contribution in [0.3, 0.4) is 0 Å². The van der Waals surface area contributed by atoms with Crippen LogP contribution in [-0.2, 0) is 0 Å². The summed E-state index contributed by atoms with van der Waals surface area (Å²) < 4.78 is 5.63. The van der Waals surface area contributed by atoms with Gasteiger partial charge in [-0.3, -0.25) is 0 Å². The first-order valence-electron chi connectivity index (χ1n) is 6.90. The molecule has 0 atom stereocenters. The third-order valence-electron chi connectivity index (χ3n) is 3.27. The second-order valence-electron chi connectivity index (χ2n) is 5.62. The minimum absolute atomic E-state index is 0.537. The van der Waals surface area contributed by atoms with Crippen molar-refractivity contribution in [1.29, 1.82) is 0 Å². The van der Waals surface area contributed by atoms with Crippen LogP contribution in [0.15, 0.2) is 30.3 Å². The van der Waals surface area contributed by atoms with Crippen LogP contribution in [0.2, 0.25) is 0 Å². The number of hydrogen-bond acceptors (Lipinski definition) is 3. The van der Waals surface area contributed by atoms with E-state index < -0.39 is 5.60 Å². The van der Waals surface area contributed by atoms with E-state index in [-0.39, 0.29) is 0 Å². The van der Waals surface area contributed by atoms with Gasteiger partial charge in [-0.2, -0.15) is 0 Å². The highest BCUT2D eigenvalue weighted by Gasteiger charge is 2.12. The molecular weight excluding hydrogens is 238 g/mol. The summed E-state index contributed by atoms with van der Waals surface area (Å²) in [6.45, 7) is 6.14. The van der Waals surface area contributed by atoms with E-state index in [1.54, 1.807) is 13.8 Å². The van der Waals surface area contributed by atoms with E-state index >= 15 is 0 Å². The van der Waals surface area contributed by atoms with Crippen molar-refractivity contribution in [2.75, 3.05) is 19.7 Å². The number of rotatable bonds is 5. The van der Waals surface area contributed by atoms with Crippen LogP contribution < -0.4 is 10.1 Å². The summed E-state index contributed by atoms with van der Waals surface area (Å²) in [5.41, 5.74) is 2.01. The maximum Gasteiger partial charge on any atom is 0.119 e. The zero-order chi connectivity index (χ0) is 13.7. The molecule has 1 aromatic rings. The molecule has 0 amide bonds. The van der Waals surface area contributed by atoms with Crippen LogP contribution in [0.4, 0.5) is 0 Å². The van der Waals surface area contributed by atoms with Gasteiger partial charge in [-0.05, 0) is 50.1 Å². The summed E-state index contributed by atoms with van der Waals surface area (Å²) in [7, 11) is 0. The summed E-state index contributed by atoms with van der Waals surface area (Å²) in [5, 5.41) is 12.9. The maximum absolute atomic E-state index is 9.62. The van der Waals surface area contributed by atoms with E-state index in [2.05, 4.69) is 23.5 Å². The average molecular weight is 261 g/mol. The second-order valence-corrected chi connectivity index (χ2v) is 5.62. The lowest BCUT2D eigenvalue weighted by Crippen LogP contribution is -2.21. The topological polar surface area (TPSA) is 41.5 Å². The maximum atomic E-state index is 9.62. The van der Waals surface area contributed by atoms with Gasteiger partial charge >= 0.3 is 0 Å². The van der Waals surface area contributed by atoms with Gasteiger partial charge < -0.3 is 15.2 Å². The van der Waals surface area contributed by atoms with Gasteiger partial charge in [-0.1, -0.05) is 18.2 Å². The largest absolute Gasteiger partial charge is 0.493 e. The molecule has 3 heteroatoms. The molecule has 1 aliphatic heterocycles. The Morgan fingerprint density at radius 2 is 2.00 bits per heavy atom. The minimum Gasteiger partial charge on any atom is -0.493 e. The van der Waals surface area contributed by atoms with Crippen molar-refractivity contribution >= 4 is 5.57 Å². The zero-order valence-corrected chi connectivity index (χ0v) is 11.8. The van der Waals surface area contributed by atoms with Crippen molar-refractivity contribution < 1.29 is 9.84 Å². The van der Waals surface area contributed by atoms with Gasteiger partial charge in [0.1, 0.15) is 5.75 Å². The van der Waals surface area contributed by atoms with Gasteiger partial charge in [-0.15, -0.1) is 0 Å². The lowest BCUT2D eigenvalue weighted by atomic mass is 10.0. The molecule has 0 spiro atoms. The monoisotopic (exact) mass is 261 g/mol. The fraction of sp³-hybridized carbons (Fsp3) is 0.500. The van der Waals surface area contributed by atoms with Crippen molar-refractivity contribution in [1.82, 2.24) is 5.32 Å². The number of aliphatic hydroxyl groups is 1. The van der Waals surface area contributed by atoms with Gasteiger partial charge in [0.2, 0.25) is 0 Å². The average Bonchev–Trinajstić information content (AvgIpc) is 2.39. The summed E-state index contributed by atoms with van der Waals surface area (Å²) in [5.74, 6) is 0.863. The van der Waals surface area contributed by atoms with E-state index in [1.807, 2.05) is 12.1 Å². The molecule has 1 aromatic carbocycles. The third kappa shape index (κ3) is 4.69. The van der Waals surface area contributed by atoms with Crippen molar-refractivity contribution in [2.24, 2.45) is 0 Å². The molecule has 1 heterocycles. The lowest BCUT2D eigenvalue weighted by Gasteiger charge is -2.17. The molecule has 0 saturated carbocycles. The summed E-state index contributed by atoms with van der Waals surface area (Å²) in [6.07, 6.45) is 3.96. The quantitative estimate of drug-likeness (QED) is 0.856. The summed E-state index contributed by atoms with van der Waals surface area (Å²) in [4.78, 5) is 0. The van der Waals surface area contributed by atoms with E-state index in [9.17, 15) is 5.11 Å². The molecule has 19 heavy (non-hydrogen) atoms. The Hall–Kier alpha value is -1.32. The molecule has 0 radical (unpaired) electrons. The first kappa shape index (κ1) is 14.1. The fourth-order valence-electron chi connectivity index (χ4n) is 2.07. The molecule has 2 rings (SSSR count). The van der Waals surface area contributed by atoms with Crippen LogP contribution >= 0.6 is 0 Å². The van der Waals surface area contributed by atoms with Gasteiger partial charge in [0.15, 0.2) is 0 Å². The Labute approximate surface area is 115 Å². The predicted octanol–water partition coefficient (Wildman–Crippen LogP) is 2.60. The van der Waals surface area contributed by atoms with E-state index in [4.69, 9.17) is 4.74 Å². The zero-order valence-electron chi connectivity index (χ0n) is 11.8. The lowest BCUT2D eigenvalue weighted by molar-refractivity contribution is 0.0553. The molecular formula is C16H23NO2. The van der Waals surface area contributed by atoms with E-state index in [0.29, 0.717) is 13.0 Å². The Kier molecular flexibility index (Phi) is 4.61. The van der Waals surface area contributed by atoms with Crippen LogP contribution in [0.1, 0.15) is 32.3 Å². The SMILES string of the molecule is CC(C)(O)CCOc1ccc(C2=CCNCC2)cc1. The Morgan fingerprint density at radius 1 is 1.26 bits per heavy atom. The molecule has 3 nitrogen and oxygen atoms in total. The van der Waals surface area contributed by atoms with Crippen molar-refractivity contribution in [2.45, 2.75) is 32.3 Å². The van der Waals surface area contributed by atoms with E-state index in [1.165, 1.54) is 11.1 Å². The highest BCUT2D eigenvalue weighted by atomic mass is 16.5. The Bertz CT molecular complexity index is 429. The minimum atomic E-state index is -0.667. The van der Waals surface area contributed by atoms with Crippen LogP contribution in [0.5, 0.6) is 5.75 Å². The predicted molar refractivity (Wildman–Crippen MR) is 78.3 cm³/mol. The van der Waals surface area contributed by atoms with Crippen molar-refractivity contribution in [3.8, 4) is 5.75 Å². The molecule has 1 aliphatic rings. The first-order valence-corrected chi connectivity index (χ1v) is 6.90. The smallest absolute Gasteiger partial charge is 0.119 e. The van der Waals surface area contributed by atoms with Gasteiger partial charge in [-0.25, -0.2) is 0 Å². The molecule has 0 aliphatic carbocycles. The Morgan fingerprint density at radius 3 is 2.58 bits per heavy atom. The Balaban J connectivity index is 1.89. The molecule has 2 N–H and O–H groups in total. The molecule has 0 bridgehead atoms. The van der Waals surface area contributed by atoms with Crippen molar-refractivity contribution in [3.63, 3.8) is 0 Å². The molecule has 0 unspecified atom stereocenters. The second kappa shape index (κ2) is 6.22. The molecule has 0 saturated heterocycles. The third-order valence-corrected chi connectivity index (χ3v) is 3.27. The van der Waals surface area contributed by atoms with Gasteiger partial charge in [0.25, 0.3) is 0 Å². The fourth-order valence-corrected chi connectivity index (χ4v) is 2.07. The normalized spacial score (nSPS) is 16.1. The highest BCUT2D eigenvalue weighted by molar-refractivity contribution is 5.67. The van der Waals surface area contributed by atoms with Crippen molar-refractivity contribution in [3.05, 3.63) is 35.9 Å². The van der Waals surface area contributed by atoms with E-state index in [0.717, 1.165) is 25.3 Å². The number of ether oxygens (including phenoxy) is 1. The number of nitrogens with one attached hydrogen (secondary N) is 1. The highest BCUT2D eigenvalue weighted by Crippen LogP contribution is 2.22. The molecule has 0 aromatic heterocycles. The summed E-state index contributed by atoms with van der Waals surface area (Å²) >= 11 is 0. The van der Waals surface area contributed by atoms with Crippen LogP contribution in [0, 0.1) is 0 Å². The van der Waals surface area contributed by atoms with Gasteiger partial charge in [0, 0.05) is 13.0 Å². The van der Waals surface area contributed by atoms with Gasteiger partial charge in [0.05, 0.1) is 12.2 Å². The number of benzene rings is 1.